The highest BCUT2D eigenvalue weighted by molar-refractivity contribution is 8.00. The van der Waals surface area contributed by atoms with Crippen molar-refractivity contribution in [2.75, 3.05) is 0 Å². The molecule has 0 radical (unpaired) electrons. The molecule has 0 amide bonds. The highest BCUT2D eigenvalue weighted by Crippen LogP contribution is 2.44. The molecule has 16 heavy (non-hydrogen) atoms. The van der Waals surface area contributed by atoms with Gasteiger partial charge in [0.2, 0.25) is 3.79 Å². The fraction of sp³-hybridized carbons (Fsp3) is 0.250. The lowest BCUT2D eigenvalue weighted by molar-refractivity contribution is -0.0328. The van der Waals surface area contributed by atoms with E-state index in [0.29, 0.717) is 0 Å². The van der Waals surface area contributed by atoms with Crippen molar-refractivity contribution in [1.82, 2.24) is 0 Å². The van der Waals surface area contributed by atoms with Crippen LogP contribution in [0, 0.1) is 0 Å². The van der Waals surface area contributed by atoms with Crippen molar-refractivity contribution in [3.63, 3.8) is 0 Å². The maximum atomic E-state index is 12.0. The van der Waals surface area contributed by atoms with Crippen molar-refractivity contribution in [2.45, 2.75) is 14.2 Å². The summed E-state index contributed by atoms with van der Waals surface area (Å²) in [5, 5.41) is -0.0192. The maximum absolute atomic E-state index is 12.0. The standard InChI is InChI=1S/C8H3Cl4F3S/c9-6-3-4(16-8(13,14)15)1-2-5(6)7(10,11)12/h1-3H. The summed E-state index contributed by atoms with van der Waals surface area (Å²) in [6, 6.07) is 3.56. The molecule has 0 aromatic heterocycles. The highest BCUT2D eigenvalue weighted by Gasteiger charge is 2.31. The average Bonchev–Trinajstić information content (AvgIpc) is 1.97. The minimum Gasteiger partial charge on any atom is -0.160 e. The van der Waals surface area contributed by atoms with Crippen LogP contribution in [0.3, 0.4) is 0 Å². The van der Waals surface area contributed by atoms with Crippen molar-refractivity contribution in [3.8, 4) is 0 Å². The van der Waals surface area contributed by atoms with E-state index in [1.165, 1.54) is 12.1 Å². The lowest BCUT2D eigenvalue weighted by Gasteiger charge is -2.14. The van der Waals surface area contributed by atoms with E-state index in [1.807, 2.05) is 0 Å². The van der Waals surface area contributed by atoms with E-state index in [9.17, 15) is 13.2 Å². The van der Waals surface area contributed by atoms with Crippen LogP contribution < -0.4 is 0 Å². The molecule has 0 heterocycles. The summed E-state index contributed by atoms with van der Waals surface area (Å²) >= 11 is 22.1. The van der Waals surface area contributed by atoms with Crippen molar-refractivity contribution < 1.29 is 13.2 Å². The monoisotopic (exact) mass is 328 g/mol. The molecule has 0 aliphatic carbocycles. The van der Waals surface area contributed by atoms with E-state index in [0.717, 1.165) is 6.07 Å². The van der Waals surface area contributed by atoms with Gasteiger partial charge in [-0.2, -0.15) is 13.2 Å². The van der Waals surface area contributed by atoms with Crippen LogP contribution in [-0.2, 0) is 3.79 Å². The van der Waals surface area contributed by atoms with Gasteiger partial charge in [0.15, 0.2) is 0 Å². The van der Waals surface area contributed by atoms with Gasteiger partial charge in [0.25, 0.3) is 0 Å². The Hall–Kier alpha value is 0.520. The van der Waals surface area contributed by atoms with Gasteiger partial charge in [0.1, 0.15) is 0 Å². The fourth-order valence-electron chi connectivity index (χ4n) is 0.923. The number of benzene rings is 1. The van der Waals surface area contributed by atoms with Crippen LogP contribution in [0.25, 0.3) is 0 Å². The Kier molecular flexibility index (Phi) is 4.58. The van der Waals surface area contributed by atoms with Gasteiger partial charge in [0, 0.05) is 15.5 Å². The van der Waals surface area contributed by atoms with E-state index in [2.05, 4.69) is 0 Å². The van der Waals surface area contributed by atoms with Crippen LogP contribution in [0.4, 0.5) is 13.2 Å². The van der Waals surface area contributed by atoms with Crippen LogP contribution >= 0.6 is 58.2 Å². The molecule has 0 aliphatic rings. The van der Waals surface area contributed by atoms with Gasteiger partial charge in [-0.1, -0.05) is 52.5 Å². The lowest BCUT2D eigenvalue weighted by Crippen LogP contribution is -2.02. The lowest BCUT2D eigenvalue weighted by atomic mass is 10.2. The van der Waals surface area contributed by atoms with Crippen LogP contribution in [0.5, 0.6) is 0 Å². The third-order valence-corrected chi connectivity index (χ3v) is 3.12. The SMILES string of the molecule is FC(F)(F)Sc1ccc(C(Cl)(Cl)Cl)c(Cl)c1. The first kappa shape index (κ1) is 14.6. The molecular weight excluding hydrogens is 327 g/mol. The Morgan fingerprint density at radius 2 is 1.62 bits per heavy atom. The molecule has 0 fully saturated rings. The van der Waals surface area contributed by atoms with Crippen molar-refractivity contribution in [3.05, 3.63) is 28.8 Å². The molecule has 0 spiro atoms. The summed E-state index contributed by atoms with van der Waals surface area (Å²) < 4.78 is 34.4. The Morgan fingerprint density at radius 1 is 1.06 bits per heavy atom. The normalized spacial score (nSPS) is 12.9. The van der Waals surface area contributed by atoms with Gasteiger partial charge in [0.05, 0.1) is 0 Å². The third kappa shape index (κ3) is 4.41. The second-order valence-electron chi connectivity index (χ2n) is 2.69. The fourth-order valence-corrected chi connectivity index (χ4v) is 2.53. The summed E-state index contributed by atoms with van der Waals surface area (Å²) in [5.74, 6) is 0. The second-order valence-corrected chi connectivity index (χ2v) is 6.51. The summed E-state index contributed by atoms with van der Waals surface area (Å²) in [6.45, 7) is 0. The highest BCUT2D eigenvalue weighted by atomic mass is 35.6. The molecule has 8 heteroatoms. The van der Waals surface area contributed by atoms with Gasteiger partial charge in [-0.15, -0.1) is 0 Å². The molecule has 0 bridgehead atoms. The summed E-state index contributed by atoms with van der Waals surface area (Å²) in [5.41, 5.74) is -4.23. The molecule has 0 aliphatic heterocycles. The predicted molar refractivity (Wildman–Crippen MR) is 62.6 cm³/mol. The maximum Gasteiger partial charge on any atom is 0.446 e. The summed E-state index contributed by atoms with van der Waals surface area (Å²) in [4.78, 5) is -0.0597. The molecule has 90 valence electrons. The summed E-state index contributed by atoms with van der Waals surface area (Å²) in [7, 11) is 0. The van der Waals surface area contributed by atoms with Gasteiger partial charge >= 0.3 is 5.51 Å². The number of alkyl halides is 6. The number of hydrogen-bond acceptors (Lipinski definition) is 1. The topological polar surface area (TPSA) is 0 Å². The number of hydrogen-bond donors (Lipinski definition) is 0. The first-order valence-corrected chi connectivity index (χ1v) is 6.05. The zero-order chi connectivity index (χ0) is 12.6. The number of rotatable bonds is 1. The smallest absolute Gasteiger partial charge is 0.160 e. The molecule has 1 aromatic carbocycles. The van der Waals surface area contributed by atoms with Gasteiger partial charge in [-0.3, -0.25) is 0 Å². The Morgan fingerprint density at radius 3 is 2.00 bits per heavy atom. The zero-order valence-electron chi connectivity index (χ0n) is 7.29. The molecule has 0 saturated carbocycles. The van der Waals surface area contributed by atoms with Gasteiger partial charge in [-0.25, -0.2) is 0 Å². The quantitative estimate of drug-likeness (QED) is 0.465. The summed E-state index contributed by atoms with van der Waals surface area (Å²) in [6.07, 6.45) is 0. The Labute approximate surface area is 114 Å². The molecule has 1 rings (SSSR count). The minimum atomic E-state index is -4.37. The van der Waals surface area contributed by atoms with Gasteiger partial charge < -0.3 is 0 Å². The molecule has 0 atom stereocenters. The molecule has 0 saturated heterocycles. The van der Waals surface area contributed by atoms with E-state index in [1.54, 1.807) is 0 Å². The van der Waals surface area contributed by atoms with Gasteiger partial charge in [-0.05, 0) is 23.9 Å². The predicted octanol–water partition coefficient (Wildman–Crippen LogP) is 5.78. The van der Waals surface area contributed by atoms with E-state index in [4.69, 9.17) is 46.4 Å². The minimum absolute atomic E-state index is 0.0192. The first-order valence-electron chi connectivity index (χ1n) is 3.72. The number of thioether (sulfide) groups is 1. The Balaban J connectivity index is 3.01. The molecule has 0 N–H and O–H groups in total. The van der Waals surface area contributed by atoms with Crippen LogP contribution in [0.1, 0.15) is 5.56 Å². The van der Waals surface area contributed by atoms with Crippen LogP contribution in [0.2, 0.25) is 5.02 Å². The molecular formula is C8H3Cl4F3S. The second kappa shape index (κ2) is 5.02. The van der Waals surface area contributed by atoms with E-state index >= 15 is 0 Å². The van der Waals surface area contributed by atoms with Crippen LogP contribution in [-0.4, -0.2) is 5.51 Å². The van der Waals surface area contributed by atoms with Crippen molar-refractivity contribution >= 4 is 58.2 Å². The first-order chi connectivity index (χ1) is 7.09. The Bertz CT molecular complexity index is 386. The molecule has 1 aromatic rings. The zero-order valence-corrected chi connectivity index (χ0v) is 11.1. The average molecular weight is 330 g/mol. The molecule has 0 unspecified atom stereocenters. The largest absolute Gasteiger partial charge is 0.446 e. The van der Waals surface area contributed by atoms with E-state index < -0.39 is 9.30 Å². The number of halogens is 7. The van der Waals surface area contributed by atoms with Crippen molar-refractivity contribution in [2.24, 2.45) is 0 Å². The van der Waals surface area contributed by atoms with Crippen molar-refractivity contribution in [1.29, 1.82) is 0 Å². The molecule has 0 nitrogen and oxygen atoms in total. The van der Waals surface area contributed by atoms with Crippen LogP contribution in [0.15, 0.2) is 23.1 Å². The third-order valence-electron chi connectivity index (χ3n) is 1.48. The van der Waals surface area contributed by atoms with E-state index in [-0.39, 0.29) is 27.2 Å².